The van der Waals surface area contributed by atoms with Gasteiger partial charge in [-0.2, -0.15) is 0 Å². The lowest BCUT2D eigenvalue weighted by atomic mass is 10.1. The highest BCUT2D eigenvalue weighted by molar-refractivity contribution is 5.42. The van der Waals surface area contributed by atoms with E-state index in [-0.39, 0.29) is 6.04 Å². The fourth-order valence-electron chi connectivity index (χ4n) is 1.57. The molecule has 1 aromatic carbocycles. The van der Waals surface area contributed by atoms with Crippen LogP contribution in [-0.4, -0.2) is 27.4 Å². The van der Waals surface area contributed by atoms with Gasteiger partial charge in [-0.05, 0) is 24.6 Å². The maximum absolute atomic E-state index is 6.08. The Labute approximate surface area is 103 Å². The third kappa shape index (κ3) is 3.91. The van der Waals surface area contributed by atoms with Crippen molar-refractivity contribution in [3.8, 4) is 11.5 Å². The van der Waals surface area contributed by atoms with Crippen LogP contribution < -0.4 is 15.2 Å². The van der Waals surface area contributed by atoms with Crippen molar-refractivity contribution in [3.05, 3.63) is 23.8 Å². The van der Waals surface area contributed by atoms with Gasteiger partial charge in [-0.1, -0.05) is 6.92 Å². The number of methoxy groups -OCH3 is 2. The minimum absolute atomic E-state index is 0.202. The lowest BCUT2D eigenvalue weighted by Crippen LogP contribution is -2.18. The second kappa shape index (κ2) is 7.14. The summed E-state index contributed by atoms with van der Waals surface area (Å²) in [5.74, 6) is 1.53. The topological polar surface area (TPSA) is 53.7 Å². The molecule has 0 aromatic heterocycles. The lowest BCUT2D eigenvalue weighted by Gasteiger charge is -2.16. The first-order valence-electron chi connectivity index (χ1n) is 5.78. The largest absolute Gasteiger partial charge is 0.497 e. The monoisotopic (exact) mass is 239 g/mol. The van der Waals surface area contributed by atoms with Crippen LogP contribution in [0.1, 0.15) is 24.9 Å². The normalized spacial score (nSPS) is 12.2. The Kier molecular flexibility index (Phi) is 5.80. The van der Waals surface area contributed by atoms with Crippen LogP contribution in [0.4, 0.5) is 0 Å². The van der Waals surface area contributed by atoms with Gasteiger partial charge in [0, 0.05) is 12.2 Å². The summed E-state index contributed by atoms with van der Waals surface area (Å²) >= 11 is 0. The highest BCUT2D eigenvalue weighted by Crippen LogP contribution is 2.28. The fraction of sp³-hybridized carbons (Fsp3) is 0.538. The zero-order valence-electron chi connectivity index (χ0n) is 10.7. The van der Waals surface area contributed by atoms with Gasteiger partial charge in [-0.15, -0.1) is 0 Å². The Balaban J connectivity index is 2.78. The summed E-state index contributed by atoms with van der Waals surface area (Å²) in [4.78, 5) is 0. The van der Waals surface area contributed by atoms with Crippen LogP contribution in [0.3, 0.4) is 0 Å². The van der Waals surface area contributed by atoms with Gasteiger partial charge >= 0.3 is 0 Å². The first-order chi connectivity index (χ1) is 8.22. The number of hydrogen-bond acceptors (Lipinski definition) is 4. The van der Waals surface area contributed by atoms with E-state index in [0.29, 0.717) is 6.61 Å². The Bertz CT molecular complexity index is 341. The molecule has 0 bridgehead atoms. The minimum atomic E-state index is -0.202. The SMILES string of the molecule is CCCOCC(N)c1cc(OC)ccc1OC. The number of benzene rings is 1. The van der Waals surface area contributed by atoms with Gasteiger partial charge in [0.05, 0.1) is 26.9 Å². The van der Waals surface area contributed by atoms with E-state index in [9.17, 15) is 0 Å². The summed E-state index contributed by atoms with van der Waals surface area (Å²) < 4.78 is 15.9. The van der Waals surface area contributed by atoms with E-state index in [2.05, 4.69) is 6.92 Å². The zero-order valence-corrected chi connectivity index (χ0v) is 10.7. The van der Waals surface area contributed by atoms with Crippen molar-refractivity contribution in [1.29, 1.82) is 0 Å². The smallest absolute Gasteiger partial charge is 0.123 e. The van der Waals surface area contributed by atoms with Crippen LogP contribution in [0.15, 0.2) is 18.2 Å². The van der Waals surface area contributed by atoms with Crippen molar-refractivity contribution in [2.75, 3.05) is 27.4 Å². The van der Waals surface area contributed by atoms with Crippen molar-refractivity contribution in [3.63, 3.8) is 0 Å². The van der Waals surface area contributed by atoms with Gasteiger partial charge in [0.1, 0.15) is 11.5 Å². The first kappa shape index (κ1) is 13.8. The summed E-state index contributed by atoms with van der Waals surface area (Å²) in [6.45, 7) is 3.27. The summed E-state index contributed by atoms with van der Waals surface area (Å²) in [6.07, 6.45) is 0.988. The van der Waals surface area contributed by atoms with Crippen LogP contribution >= 0.6 is 0 Å². The van der Waals surface area contributed by atoms with Crippen LogP contribution in [0.5, 0.6) is 11.5 Å². The molecular formula is C13H21NO3. The number of rotatable bonds is 7. The minimum Gasteiger partial charge on any atom is -0.497 e. The molecule has 4 nitrogen and oxygen atoms in total. The molecule has 96 valence electrons. The van der Waals surface area contributed by atoms with E-state index < -0.39 is 0 Å². The van der Waals surface area contributed by atoms with Gasteiger partial charge < -0.3 is 19.9 Å². The molecule has 1 aromatic rings. The Hall–Kier alpha value is -1.26. The molecule has 2 N–H and O–H groups in total. The van der Waals surface area contributed by atoms with Crippen molar-refractivity contribution in [2.45, 2.75) is 19.4 Å². The van der Waals surface area contributed by atoms with E-state index >= 15 is 0 Å². The van der Waals surface area contributed by atoms with E-state index in [4.69, 9.17) is 19.9 Å². The van der Waals surface area contributed by atoms with Crippen molar-refractivity contribution < 1.29 is 14.2 Å². The highest BCUT2D eigenvalue weighted by atomic mass is 16.5. The molecule has 0 amide bonds. The number of ether oxygens (including phenoxy) is 3. The molecule has 0 saturated carbocycles. The first-order valence-corrected chi connectivity index (χ1v) is 5.78. The molecule has 0 saturated heterocycles. The molecular weight excluding hydrogens is 218 g/mol. The van der Waals surface area contributed by atoms with E-state index in [1.165, 1.54) is 0 Å². The molecule has 0 aliphatic heterocycles. The molecule has 1 unspecified atom stereocenters. The Morgan fingerprint density at radius 1 is 1.24 bits per heavy atom. The average molecular weight is 239 g/mol. The van der Waals surface area contributed by atoms with Crippen molar-refractivity contribution in [1.82, 2.24) is 0 Å². The standard InChI is InChI=1S/C13H21NO3/c1-4-7-17-9-12(14)11-8-10(15-2)5-6-13(11)16-3/h5-6,8,12H,4,7,9,14H2,1-3H3. The van der Waals surface area contributed by atoms with E-state index in [1.807, 2.05) is 18.2 Å². The van der Waals surface area contributed by atoms with E-state index in [0.717, 1.165) is 30.1 Å². The Morgan fingerprint density at radius 2 is 2.00 bits per heavy atom. The quantitative estimate of drug-likeness (QED) is 0.741. The molecule has 17 heavy (non-hydrogen) atoms. The molecule has 0 fully saturated rings. The second-order valence-corrected chi connectivity index (χ2v) is 3.79. The predicted molar refractivity (Wildman–Crippen MR) is 67.6 cm³/mol. The fourth-order valence-corrected chi connectivity index (χ4v) is 1.57. The number of hydrogen-bond donors (Lipinski definition) is 1. The van der Waals surface area contributed by atoms with Gasteiger partial charge in [-0.25, -0.2) is 0 Å². The average Bonchev–Trinajstić information content (AvgIpc) is 2.38. The van der Waals surface area contributed by atoms with Crippen molar-refractivity contribution >= 4 is 0 Å². The predicted octanol–water partition coefficient (Wildman–Crippen LogP) is 2.13. The second-order valence-electron chi connectivity index (χ2n) is 3.79. The number of nitrogens with two attached hydrogens (primary N) is 1. The highest BCUT2D eigenvalue weighted by Gasteiger charge is 2.13. The molecule has 0 aliphatic carbocycles. The summed E-state index contributed by atoms with van der Waals surface area (Å²) in [6, 6.07) is 5.39. The molecule has 0 heterocycles. The van der Waals surface area contributed by atoms with Gasteiger partial charge in [0.2, 0.25) is 0 Å². The maximum Gasteiger partial charge on any atom is 0.123 e. The van der Waals surface area contributed by atoms with E-state index in [1.54, 1.807) is 14.2 Å². The molecule has 1 rings (SSSR count). The molecule has 0 spiro atoms. The molecule has 4 heteroatoms. The van der Waals surface area contributed by atoms with Crippen LogP contribution in [0.2, 0.25) is 0 Å². The van der Waals surface area contributed by atoms with Gasteiger partial charge in [0.15, 0.2) is 0 Å². The zero-order chi connectivity index (χ0) is 12.7. The third-order valence-electron chi connectivity index (χ3n) is 2.48. The molecule has 0 aliphatic rings. The van der Waals surface area contributed by atoms with Crippen molar-refractivity contribution in [2.24, 2.45) is 5.73 Å². The lowest BCUT2D eigenvalue weighted by molar-refractivity contribution is 0.121. The van der Waals surface area contributed by atoms with Crippen LogP contribution in [0, 0.1) is 0 Å². The summed E-state index contributed by atoms with van der Waals surface area (Å²) in [5, 5.41) is 0. The molecule has 0 radical (unpaired) electrons. The van der Waals surface area contributed by atoms with Gasteiger partial charge in [0.25, 0.3) is 0 Å². The third-order valence-corrected chi connectivity index (χ3v) is 2.48. The van der Waals surface area contributed by atoms with Crippen LogP contribution in [-0.2, 0) is 4.74 Å². The maximum atomic E-state index is 6.08. The summed E-state index contributed by atoms with van der Waals surface area (Å²) in [5.41, 5.74) is 6.98. The summed E-state index contributed by atoms with van der Waals surface area (Å²) in [7, 11) is 3.26. The van der Waals surface area contributed by atoms with Gasteiger partial charge in [-0.3, -0.25) is 0 Å². The molecule has 1 atom stereocenters. The van der Waals surface area contributed by atoms with Crippen LogP contribution in [0.25, 0.3) is 0 Å². The Morgan fingerprint density at radius 3 is 2.59 bits per heavy atom.